The van der Waals surface area contributed by atoms with Crippen LogP contribution in [0.1, 0.15) is 40.3 Å². The Balaban J connectivity index is 1.74. The summed E-state index contributed by atoms with van der Waals surface area (Å²) in [6, 6.07) is 6.69. The second-order valence-corrected chi connectivity index (χ2v) is 6.76. The normalized spacial score (nSPS) is 17.0. The summed E-state index contributed by atoms with van der Waals surface area (Å²) in [4.78, 5) is 26.2. The lowest BCUT2D eigenvalue weighted by atomic mass is 10.0. The van der Waals surface area contributed by atoms with E-state index >= 15 is 0 Å². The Kier molecular flexibility index (Phi) is 5.60. The van der Waals surface area contributed by atoms with Crippen LogP contribution >= 0.6 is 0 Å². The largest absolute Gasteiger partial charge is 0.484 e. The Bertz CT molecular complexity index is 859. The number of aromatic nitrogens is 2. The monoisotopic (exact) mass is 371 g/mol. The van der Waals surface area contributed by atoms with Gasteiger partial charge in [-0.05, 0) is 32.9 Å². The highest BCUT2D eigenvalue weighted by Crippen LogP contribution is 2.29. The molecular formula is C20H25N3O4. The number of ether oxygens (including phenoxy) is 2. The van der Waals surface area contributed by atoms with E-state index < -0.39 is 0 Å². The first-order valence-electron chi connectivity index (χ1n) is 8.99. The van der Waals surface area contributed by atoms with Gasteiger partial charge < -0.3 is 14.4 Å². The Labute approximate surface area is 158 Å². The van der Waals surface area contributed by atoms with Crippen LogP contribution in [0.3, 0.4) is 0 Å². The highest BCUT2D eigenvalue weighted by molar-refractivity contribution is 5.94. The molecule has 0 N–H and O–H groups in total. The zero-order valence-corrected chi connectivity index (χ0v) is 16.2. The molecule has 1 fully saturated rings. The van der Waals surface area contributed by atoms with Crippen molar-refractivity contribution in [2.75, 3.05) is 26.4 Å². The minimum Gasteiger partial charge on any atom is -0.484 e. The van der Waals surface area contributed by atoms with Gasteiger partial charge in [-0.25, -0.2) is 0 Å². The molecule has 1 aliphatic heterocycles. The molecule has 27 heavy (non-hydrogen) atoms. The second kappa shape index (κ2) is 7.92. The maximum Gasteiger partial charge on any atom is 0.261 e. The van der Waals surface area contributed by atoms with E-state index in [0.717, 1.165) is 17.0 Å². The highest BCUT2D eigenvalue weighted by Gasteiger charge is 2.32. The number of hydrogen-bond donors (Lipinski definition) is 0. The van der Waals surface area contributed by atoms with Gasteiger partial charge in [0.1, 0.15) is 5.75 Å². The van der Waals surface area contributed by atoms with Gasteiger partial charge in [-0.1, -0.05) is 12.1 Å². The van der Waals surface area contributed by atoms with Crippen LogP contribution in [0.4, 0.5) is 0 Å². The molecule has 7 heteroatoms. The number of hydrogen-bond acceptors (Lipinski definition) is 5. The smallest absolute Gasteiger partial charge is 0.261 e. The molecule has 1 saturated heterocycles. The second-order valence-electron chi connectivity index (χ2n) is 6.76. The third kappa shape index (κ3) is 4.03. The van der Waals surface area contributed by atoms with Gasteiger partial charge in [-0.2, -0.15) is 5.10 Å². The molecule has 1 aromatic carbocycles. The number of amides is 1. The Morgan fingerprint density at radius 3 is 2.78 bits per heavy atom. The van der Waals surface area contributed by atoms with E-state index in [-0.39, 0.29) is 24.3 Å². The lowest BCUT2D eigenvalue weighted by Gasteiger charge is -2.36. The minimum atomic E-state index is -0.174. The molecule has 0 aliphatic carbocycles. The summed E-state index contributed by atoms with van der Waals surface area (Å²) < 4.78 is 13.1. The fraction of sp³-hybridized carbons (Fsp3) is 0.450. The van der Waals surface area contributed by atoms with Crippen LogP contribution in [0, 0.1) is 13.8 Å². The highest BCUT2D eigenvalue weighted by atomic mass is 16.5. The molecular weight excluding hydrogens is 346 g/mol. The zero-order valence-electron chi connectivity index (χ0n) is 16.2. The van der Waals surface area contributed by atoms with E-state index in [1.165, 1.54) is 6.92 Å². The topological polar surface area (TPSA) is 73.7 Å². The van der Waals surface area contributed by atoms with Gasteiger partial charge in [0, 0.05) is 30.4 Å². The standard InChI is InChI=1S/C20H25N3O4/c1-13-20(14(2)22(4)21-13)18-11-26-9-8-23(18)19(25)12-27-17-7-5-6-16(10-17)15(3)24/h5-7,10,18H,8-9,11-12H2,1-4H3. The van der Waals surface area contributed by atoms with Gasteiger partial charge in [0.25, 0.3) is 5.91 Å². The van der Waals surface area contributed by atoms with E-state index in [1.807, 2.05) is 25.6 Å². The number of benzene rings is 1. The summed E-state index contributed by atoms with van der Waals surface area (Å²) in [5.41, 5.74) is 3.52. The maximum atomic E-state index is 12.9. The van der Waals surface area contributed by atoms with Crippen LogP contribution in [0.25, 0.3) is 0 Å². The maximum absolute atomic E-state index is 12.9. The van der Waals surface area contributed by atoms with Crippen molar-refractivity contribution in [3.8, 4) is 5.75 Å². The minimum absolute atomic E-state index is 0.0393. The Hall–Kier alpha value is -2.67. The van der Waals surface area contributed by atoms with Gasteiger partial charge in [-0.15, -0.1) is 0 Å². The number of carbonyl (C=O) groups is 2. The van der Waals surface area contributed by atoms with Crippen LogP contribution in [-0.4, -0.2) is 52.7 Å². The molecule has 2 aromatic rings. The number of morpholine rings is 1. The molecule has 1 unspecified atom stereocenters. The molecule has 144 valence electrons. The molecule has 7 nitrogen and oxygen atoms in total. The van der Waals surface area contributed by atoms with Gasteiger partial charge in [0.2, 0.25) is 0 Å². The molecule has 1 atom stereocenters. The average molecular weight is 371 g/mol. The molecule has 1 amide bonds. The number of aryl methyl sites for hydroxylation is 2. The predicted octanol–water partition coefficient (Wildman–Crippen LogP) is 2.22. The van der Waals surface area contributed by atoms with Gasteiger partial charge in [0.15, 0.2) is 12.4 Å². The molecule has 3 rings (SSSR count). The first kappa shape index (κ1) is 19.1. The van der Waals surface area contributed by atoms with Gasteiger partial charge >= 0.3 is 0 Å². The van der Waals surface area contributed by atoms with Crippen molar-refractivity contribution >= 4 is 11.7 Å². The molecule has 0 saturated carbocycles. The number of rotatable bonds is 5. The van der Waals surface area contributed by atoms with E-state index in [0.29, 0.717) is 31.1 Å². The van der Waals surface area contributed by atoms with E-state index in [2.05, 4.69) is 5.10 Å². The summed E-state index contributed by atoms with van der Waals surface area (Å²) in [5.74, 6) is 0.358. The van der Waals surface area contributed by atoms with E-state index in [9.17, 15) is 9.59 Å². The molecule has 0 bridgehead atoms. The quantitative estimate of drug-likeness (QED) is 0.754. The lowest BCUT2D eigenvalue weighted by Crippen LogP contribution is -2.45. The fourth-order valence-corrected chi connectivity index (χ4v) is 3.45. The van der Waals surface area contributed by atoms with Crippen molar-refractivity contribution in [2.24, 2.45) is 7.05 Å². The Morgan fingerprint density at radius 1 is 1.33 bits per heavy atom. The summed E-state index contributed by atoms with van der Waals surface area (Å²) in [6.07, 6.45) is 0. The van der Waals surface area contributed by atoms with Crippen molar-refractivity contribution in [1.29, 1.82) is 0 Å². The summed E-state index contributed by atoms with van der Waals surface area (Å²) in [6.45, 7) is 6.81. The third-order valence-corrected chi connectivity index (χ3v) is 4.95. The van der Waals surface area contributed by atoms with E-state index in [4.69, 9.17) is 9.47 Å². The average Bonchev–Trinajstić information content (AvgIpc) is 2.91. The van der Waals surface area contributed by atoms with Crippen LogP contribution < -0.4 is 4.74 Å². The van der Waals surface area contributed by atoms with Crippen molar-refractivity contribution in [1.82, 2.24) is 14.7 Å². The zero-order chi connectivity index (χ0) is 19.6. The van der Waals surface area contributed by atoms with Crippen molar-refractivity contribution in [2.45, 2.75) is 26.8 Å². The summed E-state index contributed by atoms with van der Waals surface area (Å²) in [5, 5.41) is 4.46. The van der Waals surface area contributed by atoms with Crippen molar-refractivity contribution in [3.05, 3.63) is 46.8 Å². The number of nitrogens with zero attached hydrogens (tertiary/aromatic N) is 3. The number of carbonyl (C=O) groups excluding carboxylic acids is 2. The lowest BCUT2D eigenvalue weighted by molar-refractivity contribution is -0.142. The van der Waals surface area contributed by atoms with Crippen LogP contribution in [0.15, 0.2) is 24.3 Å². The predicted molar refractivity (Wildman–Crippen MR) is 99.9 cm³/mol. The van der Waals surface area contributed by atoms with Crippen molar-refractivity contribution in [3.63, 3.8) is 0 Å². The third-order valence-electron chi connectivity index (χ3n) is 4.95. The first-order valence-corrected chi connectivity index (χ1v) is 8.99. The summed E-state index contributed by atoms with van der Waals surface area (Å²) >= 11 is 0. The number of ketones is 1. The molecule has 1 aliphatic rings. The van der Waals surface area contributed by atoms with Crippen LogP contribution in [0.2, 0.25) is 0 Å². The van der Waals surface area contributed by atoms with Crippen LogP contribution in [0.5, 0.6) is 5.75 Å². The Morgan fingerprint density at radius 2 is 2.11 bits per heavy atom. The van der Waals surface area contributed by atoms with E-state index in [1.54, 1.807) is 29.2 Å². The SMILES string of the molecule is CC(=O)c1cccc(OCC(=O)N2CCOCC2c2c(C)nn(C)c2C)c1. The van der Waals surface area contributed by atoms with Crippen molar-refractivity contribution < 1.29 is 19.1 Å². The molecule has 1 aromatic heterocycles. The number of Topliss-reactive ketones (excluding diaryl/α,β-unsaturated/α-hetero) is 1. The molecule has 0 radical (unpaired) electrons. The van der Waals surface area contributed by atoms with Gasteiger partial charge in [-0.3, -0.25) is 14.3 Å². The molecule has 0 spiro atoms. The van der Waals surface area contributed by atoms with Gasteiger partial charge in [0.05, 0.1) is 24.9 Å². The molecule has 2 heterocycles. The summed E-state index contributed by atoms with van der Waals surface area (Å²) in [7, 11) is 1.90. The first-order chi connectivity index (χ1) is 12.9. The van der Waals surface area contributed by atoms with Crippen LogP contribution in [-0.2, 0) is 16.6 Å². The fourth-order valence-electron chi connectivity index (χ4n) is 3.45.